The molecule has 120 valence electrons. The van der Waals surface area contributed by atoms with Crippen LogP contribution >= 0.6 is 0 Å². The Morgan fingerprint density at radius 3 is 2.46 bits per heavy atom. The van der Waals surface area contributed by atoms with Crippen molar-refractivity contribution in [2.24, 2.45) is 0 Å². The number of fused-ring (bicyclic) bond motifs is 1. The molecule has 0 atom stereocenters. The Balaban J connectivity index is 2.17. The predicted octanol–water partition coefficient (Wildman–Crippen LogP) is 4.11. The summed E-state index contributed by atoms with van der Waals surface area (Å²) < 4.78 is 30.6. The van der Waals surface area contributed by atoms with Crippen LogP contribution < -0.4 is 4.18 Å². The molecule has 24 heavy (non-hydrogen) atoms. The highest BCUT2D eigenvalue weighted by Crippen LogP contribution is 2.37. The minimum Gasteiger partial charge on any atom is -0.501 e. The Morgan fingerprint density at radius 1 is 1.00 bits per heavy atom. The summed E-state index contributed by atoms with van der Waals surface area (Å²) in [6.07, 6.45) is 0. The van der Waals surface area contributed by atoms with Crippen LogP contribution in [0.3, 0.4) is 0 Å². The fraction of sp³-hybridized carbons (Fsp3) is 0.0588. The fourth-order valence-electron chi connectivity index (χ4n) is 2.41. The van der Waals surface area contributed by atoms with Crippen molar-refractivity contribution in [3.8, 4) is 11.5 Å². The van der Waals surface area contributed by atoms with Crippen LogP contribution in [0, 0.1) is 12.3 Å². The number of aromatic hydroxyl groups is 1. The number of aryl methyl sites for hydroxylation is 1. The first-order valence-electron chi connectivity index (χ1n) is 7.04. The lowest BCUT2D eigenvalue weighted by molar-refractivity contribution is 0.483. The van der Waals surface area contributed by atoms with Gasteiger partial charge in [-0.3, -0.25) is 0 Å². The lowest BCUT2D eigenvalue weighted by atomic mass is 10.1. The molecule has 3 rings (SSSR count). The first-order chi connectivity index (χ1) is 11.4. The molecular formula is C17H13N2O4S+. The van der Waals surface area contributed by atoms with Crippen LogP contribution in [-0.2, 0) is 10.1 Å². The second-order valence-electron chi connectivity index (χ2n) is 5.19. The summed E-state index contributed by atoms with van der Waals surface area (Å²) in [6.45, 7) is 1.74. The van der Waals surface area contributed by atoms with Gasteiger partial charge in [0.05, 0.1) is 0 Å². The van der Waals surface area contributed by atoms with Crippen LogP contribution in [0.2, 0.25) is 0 Å². The number of hydrogen-bond donors (Lipinski definition) is 1. The molecule has 1 N–H and O–H groups in total. The van der Waals surface area contributed by atoms with Gasteiger partial charge in [0.25, 0.3) is 0 Å². The van der Waals surface area contributed by atoms with Gasteiger partial charge in [0, 0.05) is 16.8 Å². The molecule has 0 aliphatic rings. The molecule has 3 aromatic rings. The summed E-state index contributed by atoms with van der Waals surface area (Å²) >= 11 is 0. The molecule has 3 aromatic carbocycles. The molecule has 0 unspecified atom stereocenters. The summed E-state index contributed by atoms with van der Waals surface area (Å²) in [6, 6.07) is 14.0. The first-order valence-corrected chi connectivity index (χ1v) is 8.45. The molecule has 0 aromatic heterocycles. The zero-order chi connectivity index (χ0) is 17.3. The Labute approximate surface area is 138 Å². The summed E-state index contributed by atoms with van der Waals surface area (Å²) in [5.74, 6) is -0.0661. The average Bonchev–Trinajstić information content (AvgIpc) is 2.57. The van der Waals surface area contributed by atoms with Crippen molar-refractivity contribution in [1.29, 1.82) is 5.39 Å². The molecule has 7 heteroatoms. The van der Waals surface area contributed by atoms with Crippen molar-refractivity contribution in [1.82, 2.24) is 0 Å². The van der Waals surface area contributed by atoms with Gasteiger partial charge in [-0.1, -0.05) is 30.3 Å². The second kappa shape index (κ2) is 5.83. The zero-order valence-electron chi connectivity index (χ0n) is 12.7. The highest BCUT2D eigenvalue weighted by molar-refractivity contribution is 7.87. The van der Waals surface area contributed by atoms with Gasteiger partial charge in [-0.2, -0.15) is 8.42 Å². The molecule has 0 aliphatic heterocycles. The van der Waals surface area contributed by atoms with Gasteiger partial charge in [0.2, 0.25) is 11.1 Å². The smallest absolute Gasteiger partial charge is 0.426 e. The average molecular weight is 341 g/mol. The van der Waals surface area contributed by atoms with Gasteiger partial charge in [0.1, 0.15) is 10.6 Å². The van der Waals surface area contributed by atoms with Gasteiger partial charge in [-0.25, -0.2) is 0 Å². The van der Waals surface area contributed by atoms with Gasteiger partial charge < -0.3 is 9.29 Å². The van der Waals surface area contributed by atoms with E-state index in [0.29, 0.717) is 5.56 Å². The van der Waals surface area contributed by atoms with Crippen LogP contribution in [0.4, 0.5) is 5.69 Å². The summed E-state index contributed by atoms with van der Waals surface area (Å²) in [5, 5.41) is 19.5. The third-order valence-electron chi connectivity index (χ3n) is 3.64. The summed E-state index contributed by atoms with van der Waals surface area (Å²) in [7, 11) is -4.10. The maximum atomic E-state index is 12.7. The fourth-order valence-corrected chi connectivity index (χ4v) is 3.62. The van der Waals surface area contributed by atoms with E-state index in [-0.39, 0.29) is 32.9 Å². The van der Waals surface area contributed by atoms with E-state index < -0.39 is 10.1 Å². The Morgan fingerprint density at radius 2 is 1.75 bits per heavy atom. The van der Waals surface area contributed by atoms with Crippen molar-refractivity contribution in [2.75, 3.05) is 0 Å². The zero-order valence-corrected chi connectivity index (χ0v) is 13.5. The van der Waals surface area contributed by atoms with E-state index in [0.717, 1.165) is 0 Å². The van der Waals surface area contributed by atoms with E-state index in [1.165, 1.54) is 30.3 Å². The summed E-state index contributed by atoms with van der Waals surface area (Å²) in [5.41, 5.74) is 0.641. The lowest BCUT2D eigenvalue weighted by Crippen LogP contribution is -2.11. The minimum atomic E-state index is -4.10. The van der Waals surface area contributed by atoms with Gasteiger partial charge >= 0.3 is 15.8 Å². The predicted molar refractivity (Wildman–Crippen MR) is 89.3 cm³/mol. The monoisotopic (exact) mass is 341 g/mol. The standard InChI is InChI=1S/C17H12N2O4S/c1-11-5-2-3-7-15(11)23-24(21,22)16-8-4-6-13-12(16)9-10-14(19-18)17(13)20/h2-10H,1H3/p+1. The molecule has 0 heterocycles. The number of phenols is 1. The molecule has 0 bridgehead atoms. The Bertz CT molecular complexity index is 1090. The largest absolute Gasteiger partial charge is 0.501 e. The van der Waals surface area contributed by atoms with Crippen LogP contribution in [0.1, 0.15) is 5.56 Å². The van der Waals surface area contributed by atoms with Crippen molar-refractivity contribution in [3.05, 3.63) is 65.1 Å². The van der Waals surface area contributed by atoms with E-state index in [1.807, 2.05) is 0 Å². The van der Waals surface area contributed by atoms with E-state index in [2.05, 4.69) is 4.98 Å². The number of nitrogens with zero attached hydrogens (tertiary/aromatic N) is 2. The molecule has 0 saturated heterocycles. The van der Waals surface area contributed by atoms with E-state index in [1.54, 1.807) is 31.2 Å². The van der Waals surface area contributed by atoms with Crippen molar-refractivity contribution in [2.45, 2.75) is 11.8 Å². The molecule has 0 aliphatic carbocycles. The van der Waals surface area contributed by atoms with Crippen LogP contribution in [0.15, 0.2) is 59.5 Å². The van der Waals surface area contributed by atoms with Crippen LogP contribution in [-0.4, -0.2) is 13.5 Å². The SMILES string of the molecule is Cc1ccccc1OS(=O)(=O)c1cccc2c(O)c([N+]#N)ccc12. The van der Waals surface area contributed by atoms with Gasteiger partial charge in [-0.15, -0.1) is 0 Å². The number of hydrogen-bond acceptors (Lipinski definition) is 5. The normalized spacial score (nSPS) is 11.2. The second-order valence-corrected chi connectivity index (χ2v) is 6.70. The maximum absolute atomic E-state index is 12.7. The van der Waals surface area contributed by atoms with E-state index >= 15 is 0 Å². The topological polar surface area (TPSA) is 91.8 Å². The number of benzene rings is 3. The molecule has 0 amide bonds. The highest BCUT2D eigenvalue weighted by atomic mass is 32.2. The van der Waals surface area contributed by atoms with Gasteiger partial charge in [-0.05, 0) is 30.7 Å². The van der Waals surface area contributed by atoms with E-state index in [9.17, 15) is 13.5 Å². The quantitative estimate of drug-likeness (QED) is 0.572. The Hall–Kier alpha value is -3.11. The number of diazo groups is 1. The highest BCUT2D eigenvalue weighted by Gasteiger charge is 2.24. The third kappa shape index (κ3) is 2.64. The maximum Gasteiger partial charge on any atom is 0.426 e. The first kappa shape index (κ1) is 15.8. The molecular weight excluding hydrogens is 328 g/mol. The van der Waals surface area contributed by atoms with Crippen molar-refractivity contribution < 1.29 is 17.7 Å². The minimum absolute atomic E-state index is 0.0446. The molecule has 0 radical (unpaired) electrons. The van der Waals surface area contributed by atoms with E-state index in [4.69, 9.17) is 9.58 Å². The summed E-state index contributed by atoms with van der Waals surface area (Å²) in [4.78, 5) is 2.88. The van der Waals surface area contributed by atoms with Gasteiger partial charge in [0.15, 0.2) is 4.98 Å². The molecule has 0 saturated carbocycles. The molecule has 0 spiro atoms. The number of phenolic OH excluding ortho intramolecular Hbond substituents is 1. The number of para-hydroxylation sites is 1. The number of rotatable bonds is 3. The van der Waals surface area contributed by atoms with Crippen molar-refractivity contribution >= 4 is 26.6 Å². The molecule has 0 fully saturated rings. The van der Waals surface area contributed by atoms with Crippen molar-refractivity contribution in [3.63, 3.8) is 0 Å². The lowest BCUT2D eigenvalue weighted by Gasteiger charge is -2.11. The van der Waals surface area contributed by atoms with Crippen LogP contribution in [0.5, 0.6) is 11.5 Å². The Kier molecular flexibility index (Phi) is 3.83. The van der Waals surface area contributed by atoms with Crippen LogP contribution in [0.25, 0.3) is 15.7 Å². The molecule has 6 nitrogen and oxygen atoms in total. The third-order valence-corrected chi connectivity index (χ3v) is 4.94.